The van der Waals surface area contributed by atoms with Crippen LogP contribution in [0.1, 0.15) is 38.5 Å². The van der Waals surface area contributed by atoms with Crippen LogP contribution >= 0.6 is 0 Å². The summed E-state index contributed by atoms with van der Waals surface area (Å²) in [6, 6.07) is 5.59. The number of fused-ring (bicyclic) bond motifs is 1. The summed E-state index contributed by atoms with van der Waals surface area (Å²) in [5.74, 6) is 0. The van der Waals surface area contributed by atoms with E-state index >= 15 is 0 Å². The Hall–Kier alpha value is -1.62. The molecule has 1 aliphatic carbocycles. The van der Waals surface area contributed by atoms with Crippen LogP contribution in [-0.4, -0.2) is 25.9 Å². The minimum absolute atomic E-state index is 0.0726. The highest BCUT2D eigenvalue weighted by Gasteiger charge is 2.42. The number of hydrogen-bond acceptors (Lipinski definition) is 3. The molecule has 2 aliphatic rings. The van der Waals surface area contributed by atoms with Gasteiger partial charge in [-0.1, -0.05) is 18.9 Å². The van der Waals surface area contributed by atoms with Crippen molar-refractivity contribution in [1.82, 2.24) is 14.2 Å². The van der Waals surface area contributed by atoms with Gasteiger partial charge in [0.15, 0.2) is 5.65 Å². The number of rotatable bonds is 2. The fraction of sp³-hybridized carbons (Fsp3) is 0.600. The molecule has 1 saturated heterocycles. The van der Waals surface area contributed by atoms with E-state index in [2.05, 4.69) is 5.10 Å². The number of nitrogens with zero attached hydrogens (tertiary/aromatic N) is 3. The normalized spacial score (nSPS) is 24.9. The molecule has 5 nitrogen and oxygen atoms in total. The molecule has 0 radical (unpaired) electrons. The van der Waals surface area contributed by atoms with Crippen molar-refractivity contribution in [3.05, 3.63) is 34.9 Å². The summed E-state index contributed by atoms with van der Waals surface area (Å²) in [6.45, 7) is 0.572. The molecule has 0 amide bonds. The van der Waals surface area contributed by atoms with Crippen molar-refractivity contribution in [1.29, 1.82) is 0 Å². The lowest BCUT2D eigenvalue weighted by atomic mass is 9.98. The minimum atomic E-state index is -0.0726. The molecule has 0 N–H and O–H groups in total. The summed E-state index contributed by atoms with van der Waals surface area (Å²) in [4.78, 5) is 12.2. The molecule has 0 aromatic carbocycles. The third-order valence-electron chi connectivity index (χ3n) is 4.72. The lowest BCUT2D eigenvalue weighted by Gasteiger charge is -2.23. The van der Waals surface area contributed by atoms with Gasteiger partial charge in [-0.3, -0.25) is 4.40 Å². The zero-order chi connectivity index (χ0) is 13.6. The van der Waals surface area contributed by atoms with E-state index in [0.29, 0.717) is 12.2 Å². The van der Waals surface area contributed by atoms with Gasteiger partial charge in [-0.25, -0.2) is 9.48 Å². The Morgan fingerprint density at radius 1 is 1.30 bits per heavy atom. The lowest BCUT2D eigenvalue weighted by Crippen LogP contribution is -2.30. The zero-order valence-corrected chi connectivity index (χ0v) is 11.5. The SMILES string of the molecule is O=c1n(CC2CCC3(CCCC3)O2)nc2ccccn12. The average molecular weight is 273 g/mol. The quantitative estimate of drug-likeness (QED) is 0.840. The minimum Gasteiger partial charge on any atom is -0.370 e. The van der Waals surface area contributed by atoms with Gasteiger partial charge in [0, 0.05) is 6.20 Å². The van der Waals surface area contributed by atoms with Crippen molar-refractivity contribution < 1.29 is 4.74 Å². The van der Waals surface area contributed by atoms with Crippen LogP contribution in [0.5, 0.6) is 0 Å². The second kappa shape index (κ2) is 4.45. The van der Waals surface area contributed by atoms with E-state index in [-0.39, 0.29) is 17.4 Å². The van der Waals surface area contributed by atoms with Gasteiger partial charge in [0.25, 0.3) is 0 Å². The second-order valence-corrected chi connectivity index (χ2v) is 6.06. The summed E-state index contributed by atoms with van der Waals surface area (Å²) in [5, 5.41) is 4.38. The monoisotopic (exact) mass is 273 g/mol. The highest BCUT2D eigenvalue weighted by molar-refractivity contribution is 5.35. The van der Waals surface area contributed by atoms with Gasteiger partial charge in [-0.2, -0.15) is 0 Å². The molecule has 106 valence electrons. The van der Waals surface area contributed by atoms with Gasteiger partial charge < -0.3 is 4.74 Å². The number of pyridine rings is 1. The van der Waals surface area contributed by atoms with Crippen molar-refractivity contribution in [2.45, 2.75) is 56.8 Å². The van der Waals surface area contributed by atoms with Crippen LogP contribution in [0, 0.1) is 0 Å². The Bertz CT molecular complexity index is 682. The first-order valence-corrected chi connectivity index (χ1v) is 7.48. The van der Waals surface area contributed by atoms with Crippen LogP contribution in [0.15, 0.2) is 29.2 Å². The lowest BCUT2D eigenvalue weighted by molar-refractivity contribution is -0.0432. The van der Waals surface area contributed by atoms with Crippen LogP contribution in [0.25, 0.3) is 5.65 Å². The first-order chi connectivity index (χ1) is 9.76. The Morgan fingerprint density at radius 2 is 2.15 bits per heavy atom. The number of ether oxygens (including phenoxy) is 1. The summed E-state index contributed by atoms with van der Waals surface area (Å²) in [7, 11) is 0. The highest BCUT2D eigenvalue weighted by atomic mass is 16.5. The molecule has 2 aromatic rings. The van der Waals surface area contributed by atoms with Crippen LogP contribution in [0.3, 0.4) is 0 Å². The molecule has 1 spiro atoms. The highest BCUT2D eigenvalue weighted by Crippen LogP contribution is 2.43. The molecule has 1 unspecified atom stereocenters. The third kappa shape index (κ3) is 1.88. The van der Waals surface area contributed by atoms with Crippen LogP contribution in [0.2, 0.25) is 0 Å². The van der Waals surface area contributed by atoms with E-state index in [1.165, 1.54) is 25.7 Å². The first kappa shape index (κ1) is 12.1. The van der Waals surface area contributed by atoms with Crippen molar-refractivity contribution in [2.75, 3.05) is 0 Å². The standard InChI is InChI=1S/C15H19N3O2/c19-14-17-10-4-1-5-13(17)16-18(14)11-12-6-9-15(20-12)7-2-3-8-15/h1,4-5,10,12H,2-3,6-9,11H2. The molecule has 5 heteroatoms. The van der Waals surface area contributed by atoms with Gasteiger partial charge in [-0.15, -0.1) is 5.10 Å². The third-order valence-corrected chi connectivity index (χ3v) is 4.72. The molecule has 2 fully saturated rings. The van der Waals surface area contributed by atoms with E-state index in [0.717, 1.165) is 12.8 Å². The van der Waals surface area contributed by atoms with Gasteiger partial charge in [0.1, 0.15) is 0 Å². The number of aromatic nitrogens is 3. The van der Waals surface area contributed by atoms with Gasteiger partial charge in [-0.05, 0) is 37.8 Å². The molecule has 2 aromatic heterocycles. The van der Waals surface area contributed by atoms with Crippen molar-refractivity contribution in [3.63, 3.8) is 0 Å². The maximum Gasteiger partial charge on any atom is 0.350 e. The van der Waals surface area contributed by atoms with E-state index < -0.39 is 0 Å². The van der Waals surface area contributed by atoms with Crippen LogP contribution in [0.4, 0.5) is 0 Å². The van der Waals surface area contributed by atoms with Gasteiger partial charge in [0.2, 0.25) is 0 Å². The summed E-state index contributed by atoms with van der Waals surface area (Å²) in [6.07, 6.45) is 9.00. The molecule has 3 heterocycles. The Morgan fingerprint density at radius 3 is 2.95 bits per heavy atom. The largest absolute Gasteiger partial charge is 0.370 e. The molecule has 0 bridgehead atoms. The summed E-state index contributed by atoms with van der Waals surface area (Å²) >= 11 is 0. The summed E-state index contributed by atoms with van der Waals surface area (Å²) < 4.78 is 9.39. The molecule has 4 rings (SSSR count). The Kier molecular flexibility index (Phi) is 2.70. The second-order valence-electron chi connectivity index (χ2n) is 6.06. The average Bonchev–Trinajstić information content (AvgIpc) is 3.15. The first-order valence-electron chi connectivity index (χ1n) is 7.48. The fourth-order valence-corrected chi connectivity index (χ4v) is 3.69. The summed E-state index contributed by atoms with van der Waals surface area (Å²) in [5.41, 5.74) is 0.746. The van der Waals surface area contributed by atoms with E-state index in [9.17, 15) is 4.79 Å². The molecular formula is C15H19N3O2. The fourth-order valence-electron chi connectivity index (χ4n) is 3.69. The van der Waals surface area contributed by atoms with E-state index in [4.69, 9.17) is 4.74 Å². The molecule has 1 atom stereocenters. The molecule has 1 aliphatic heterocycles. The maximum absolute atomic E-state index is 12.2. The molecule has 20 heavy (non-hydrogen) atoms. The van der Waals surface area contributed by atoms with Crippen LogP contribution in [-0.2, 0) is 11.3 Å². The van der Waals surface area contributed by atoms with E-state index in [1.807, 2.05) is 18.2 Å². The van der Waals surface area contributed by atoms with Gasteiger partial charge >= 0.3 is 5.69 Å². The van der Waals surface area contributed by atoms with Crippen molar-refractivity contribution in [3.8, 4) is 0 Å². The smallest absolute Gasteiger partial charge is 0.350 e. The van der Waals surface area contributed by atoms with Crippen LogP contribution < -0.4 is 5.69 Å². The Balaban J connectivity index is 1.56. The van der Waals surface area contributed by atoms with E-state index in [1.54, 1.807) is 15.3 Å². The maximum atomic E-state index is 12.2. The topological polar surface area (TPSA) is 48.5 Å². The number of hydrogen-bond donors (Lipinski definition) is 0. The predicted octanol–water partition coefficient (Wildman–Crippen LogP) is 1.99. The molecule has 1 saturated carbocycles. The van der Waals surface area contributed by atoms with Crippen molar-refractivity contribution in [2.24, 2.45) is 0 Å². The zero-order valence-electron chi connectivity index (χ0n) is 11.5. The Labute approximate surface area is 117 Å². The molecular weight excluding hydrogens is 254 g/mol. The van der Waals surface area contributed by atoms with Gasteiger partial charge in [0.05, 0.1) is 18.2 Å². The van der Waals surface area contributed by atoms with Crippen molar-refractivity contribution >= 4 is 5.65 Å². The predicted molar refractivity (Wildman–Crippen MR) is 74.8 cm³/mol.